The summed E-state index contributed by atoms with van der Waals surface area (Å²) in [5.41, 5.74) is 3.50. The number of cyclic esters (lactones) is 1. The number of hydrogen-bond donors (Lipinski definition) is 0. The van der Waals surface area contributed by atoms with Crippen molar-refractivity contribution in [1.82, 2.24) is 0 Å². The predicted molar refractivity (Wildman–Crippen MR) is 92.5 cm³/mol. The van der Waals surface area contributed by atoms with Gasteiger partial charge in [-0.2, -0.15) is 0 Å². The molecule has 2 aromatic carbocycles. The molecule has 1 heterocycles. The molecule has 1 aliphatic heterocycles. The fourth-order valence-electron chi connectivity index (χ4n) is 2.43. The Morgan fingerprint density at radius 2 is 1.83 bits per heavy atom. The van der Waals surface area contributed by atoms with E-state index in [9.17, 15) is 4.79 Å². The average Bonchev–Trinajstić information content (AvgIpc) is 2.89. The summed E-state index contributed by atoms with van der Waals surface area (Å²) in [6.07, 6.45) is 3.04. The number of carbonyl (C=O) groups is 1. The first kappa shape index (κ1) is 15.5. The summed E-state index contributed by atoms with van der Waals surface area (Å²) in [5.74, 6) is 0.0289. The number of aliphatic imine (C=N–C) groups is 1. The highest BCUT2D eigenvalue weighted by Gasteiger charge is 2.22. The third-order valence-corrected chi connectivity index (χ3v) is 4.08. The van der Waals surface area contributed by atoms with Gasteiger partial charge in [-0.15, -0.1) is 0 Å². The van der Waals surface area contributed by atoms with Crippen molar-refractivity contribution in [3.8, 4) is 0 Å². The lowest BCUT2D eigenvalue weighted by Crippen LogP contribution is -2.05. The molecular formula is C19H16ClNO2. The first-order valence-corrected chi connectivity index (χ1v) is 7.82. The fourth-order valence-corrected chi connectivity index (χ4v) is 2.62. The molecular weight excluding hydrogens is 310 g/mol. The minimum atomic E-state index is -0.426. The van der Waals surface area contributed by atoms with Crippen LogP contribution in [0.3, 0.4) is 0 Å². The van der Waals surface area contributed by atoms with Gasteiger partial charge in [0.25, 0.3) is 0 Å². The average molecular weight is 326 g/mol. The van der Waals surface area contributed by atoms with E-state index in [2.05, 4.69) is 24.0 Å². The fraction of sp³-hybridized carbons (Fsp3) is 0.158. The lowest BCUT2D eigenvalue weighted by molar-refractivity contribution is -0.130. The van der Waals surface area contributed by atoms with Crippen LogP contribution in [0.4, 0.5) is 0 Å². The lowest BCUT2D eigenvalue weighted by Gasteiger charge is -2.04. The zero-order valence-electron chi connectivity index (χ0n) is 12.8. The highest BCUT2D eigenvalue weighted by atomic mass is 35.5. The molecule has 0 radical (unpaired) electrons. The minimum absolute atomic E-state index is 0.290. The number of esters is 1. The van der Waals surface area contributed by atoms with Crippen molar-refractivity contribution in [2.45, 2.75) is 19.8 Å². The molecule has 4 heteroatoms. The van der Waals surface area contributed by atoms with Crippen LogP contribution in [0.5, 0.6) is 0 Å². The van der Waals surface area contributed by atoms with Gasteiger partial charge in [0.2, 0.25) is 0 Å². The van der Waals surface area contributed by atoms with Crippen molar-refractivity contribution < 1.29 is 9.53 Å². The molecule has 0 aliphatic carbocycles. The lowest BCUT2D eigenvalue weighted by atomic mass is 10.0. The Kier molecular flexibility index (Phi) is 4.58. The van der Waals surface area contributed by atoms with E-state index in [0.29, 0.717) is 17.3 Å². The number of halogens is 1. The molecule has 2 aromatic rings. The van der Waals surface area contributed by atoms with Crippen molar-refractivity contribution in [3.05, 3.63) is 75.9 Å². The molecule has 0 amide bonds. The Labute approximate surface area is 140 Å². The van der Waals surface area contributed by atoms with Crippen LogP contribution in [0, 0.1) is 6.92 Å². The second kappa shape index (κ2) is 6.80. The number of carbonyl (C=O) groups excluding carboxylic acids is 1. The molecule has 0 spiro atoms. The molecule has 0 atom stereocenters. The van der Waals surface area contributed by atoms with Gasteiger partial charge in [0.05, 0.1) is 0 Å². The molecule has 0 saturated carbocycles. The molecule has 116 valence electrons. The van der Waals surface area contributed by atoms with Gasteiger partial charge < -0.3 is 4.74 Å². The van der Waals surface area contributed by atoms with Gasteiger partial charge in [-0.3, -0.25) is 0 Å². The smallest absolute Gasteiger partial charge is 0.363 e. The Morgan fingerprint density at radius 1 is 1.09 bits per heavy atom. The molecule has 0 unspecified atom stereocenters. The van der Waals surface area contributed by atoms with Crippen LogP contribution in [0.25, 0.3) is 6.08 Å². The number of benzene rings is 2. The first-order valence-electron chi connectivity index (χ1n) is 7.44. The van der Waals surface area contributed by atoms with Gasteiger partial charge in [0.15, 0.2) is 11.6 Å². The predicted octanol–water partition coefficient (Wildman–Crippen LogP) is 4.58. The zero-order chi connectivity index (χ0) is 16.2. The van der Waals surface area contributed by atoms with Gasteiger partial charge in [-0.05, 0) is 42.2 Å². The van der Waals surface area contributed by atoms with E-state index in [1.807, 2.05) is 30.3 Å². The molecule has 3 nitrogen and oxygen atoms in total. The second-order valence-electron chi connectivity index (χ2n) is 5.37. The molecule has 1 aliphatic rings. The van der Waals surface area contributed by atoms with Gasteiger partial charge >= 0.3 is 5.97 Å². The van der Waals surface area contributed by atoms with Crippen LogP contribution in [-0.2, 0) is 16.0 Å². The van der Waals surface area contributed by atoms with E-state index in [-0.39, 0.29) is 5.70 Å². The van der Waals surface area contributed by atoms with Crippen LogP contribution in [0.2, 0.25) is 5.02 Å². The molecule has 0 aromatic heterocycles. The topological polar surface area (TPSA) is 38.7 Å². The van der Waals surface area contributed by atoms with E-state index in [1.165, 1.54) is 11.1 Å². The van der Waals surface area contributed by atoms with Gasteiger partial charge in [-0.25, -0.2) is 9.79 Å². The third kappa shape index (κ3) is 3.69. The van der Waals surface area contributed by atoms with E-state index < -0.39 is 5.97 Å². The summed E-state index contributed by atoms with van der Waals surface area (Å²) in [6.45, 7) is 2.07. The number of nitrogens with zero attached hydrogens (tertiary/aromatic N) is 1. The quantitative estimate of drug-likeness (QED) is 0.609. The van der Waals surface area contributed by atoms with Gasteiger partial charge in [0, 0.05) is 11.4 Å². The molecule has 0 fully saturated rings. The Hall–Kier alpha value is -2.39. The van der Waals surface area contributed by atoms with Crippen molar-refractivity contribution in [2.75, 3.05) is 0 Å². The van der Waals surface area contributed by atoms with Crippen molar-refractivity contribution in [3.63, 3.8) is 0 Å². The van der Waals surface area contributed by atoms with Gasteiger partial charge in [-0.1, -0.05) is 54.1 Å². The Balaban J connectivity index is 1.74. The summed E-state index contributed by atoms with van der Waals surface area (Å²) in [7, 11) is 0. The molecule has 0 saturated heterocycles. The number of hydrogen-bond acceptors (Lipinski definition) is 3. The number of rotatable bonds is 4. The minimum Gasteiger partial charge on any atom is -0.407 e. The maximum absolute atomic E-state index is 11.9. The normalized spacial score (nSPS) is 15.7. The summed E-state index contributed by atoms with van der Waals surface area (Å²) in [4.78, 5) is 16.2. The summed E-state index contributed by atoms with van der Waals surface area (Å²) in [5, 5.41) is 0.580. The second-order valence-corrected chi connectivity index (χ2v) is 5.78. The molecule has 3 rings (SSSR count). The first-order chi connectivity index (χ1) is 11.1. The van der Waals surface area contributed by atoms with Crippen LogP contribution >= 0.6 is 11.6 Å². The van der Waals surface area contributed by atoms with Crippen LogP contribution < -0.4 is 0 Å². The van der Waals surface area contributed by atoms with Gasteiger partial charge in [0.1, 0.15) is 0 Å². The van der Waals surface area contributed by atoms with Crippen LogP contribution in [-0.4, -0.2) is 11.9 Å². The highest BCUT2D eigenvalue weighted by Crippen LogP contribution is 2.22. The van der Waals surface area contributed by atoms with Crippen molar-refractivity contribution in [2.24, 2.45) is 4.99 Å². The standard InChI is InChI=1S/C19H16ClNO2/c1-13-6-2-3-7-14(13)10-11-18-21-17(19(22)23-18)12-15-8-4-5-9-16(15)20/h2-9,12H,10-11H2,1H3/b17-12-. The molecule has 0 bridgehead atoms. The maximum Gasteiger partial charge on any atom is 0.363 e. The molecule has 23 heavy (non-hydrogen) atoms. The van der Waals surface area contributed by atoms with E-state index in [4.69, 9.17) is 16.3 Å². The van der Waals surface area contributed by atoms with E-state index >= 15 is 0 Å². The van der Waals surface area contributed by atoms with E-state index in [0.717, 1.165) is 12.0 Å². The van der Waals surface area contributed by atoms with E-state index in [1.54, 1.807) is 12.1 Å². The zero-order valence-corrected chi connectivity index (χ0v) is 13.5. The Morgan fingerprint density at radius 3 is 2.61 bits per heavy atom. The van der Waals surface area contributed by atoms with Crippen molar-refractivity contribution >= 4 is 29.5 Å². The summed E-state index contributed by atoms with van der Waals surface area (Å²) >= 11 is 6.10. The summed E-state index contributed by atoms with van der Waals surface area (Å²) < 4.78 is 5.25. The summed E-state index contributed by atoms with van der Waals surface area (Å²) in [6, 6.07) is 15.5. The number of ether oxygens (including phenoxy) is 1. The van der Waals surface area contributed by atoms with Crippen molar-refractivity contribution in [1.29, 1.82) is 0 Å². The Bertz CT molecular complexity index is 809. The molecule has 0 N–H and O–H groups in total. The highest BCUT2D eigenvalue weighted by molar-refractivity contribution is 6.32. The largest absolute Gasteiger partial charge is 0.407 e. The monoisotopic (exact) mass is 325 g/mol. The number of aryl methyl sites for hydroxylation is 2. The van der Waals surface area contributed by atoms with Crippen LogP contribution in [0.1, 0.15) is 23.1 Å². The SMILES string of the molecule is Cc1ccccc1CCC1=N/C(=C\c2ccccc2Cl)C(=O)O1. The maximum atomic E-state index is 11.9. The third-order valence-electron chi connectivity index (χ3n) is 3.73. The van der Waals surface area contributed by atoms with Crippen LogP contribution in [0.15, 0.2) is 59.2 Å².